The van der Waals surface area contributed by atoms with E-state index in [1.165, 1.54) is 6.92 Å². The Hall–Kier alpha value is -2.16. The Kier molecular flexibility index (Phi) is 6.34. The first-order valence-corrected chi connectivity index (χ1v) is 12.9. The summed E-state index contributed by atoms with van der Waals surface area (Å²) in [5.74, 6) is -6.46. The molecule has 3 fully saturated rings. The molecule has 0 bridgehead atoms. The van der Waals surface area contributed by atoms with Gasteiger partial charge in [-0.25, -0.2) is 13.2 Å². The van der Waals surface area contributed by atoms with Crippen molar-refractivity contribution in [2.24, 2.45) is 28.6 Å². The molecule has 0 spiro atoms. The molecule has 0 saturated heterocycles. The fraction of sp³-hybridized carbons (Fsp3) is 0.750. The molecule has 0 aliphatic heterocycles. The Morgan fingerprint density at radius 1 is 1.16 bits per heavy atom. The second kappa shape index (κ2) is 8.42. The third kappa shape index (κ3) is 3.81. The van der Waals surface area contributed by atoms with Gasteiger partial charge in [0.15, 0.2) is 11.5 Å². The highest BCUT2D eigenvalue weighted by atomic mass is 19.2. The Morgan fingerprint density at radius 2 is 1.78 bits per heavy atom. The number of ketones is 1. The fourth-order valence-corrected chi connectivity index (χ4v) is 7.96. The summed E-state index contributed by atoms with van der Waals surface area (Å²) >= 11 is 0. The maximum atomic E-state index is 17.4. The molecule has 9 heteroatoms. The molecule has 0 radical (unpaired) electrons. The van der Waals surface area contributed by atoms with E-state index in [0.717, 1.165) is 12.2 Å². The second-order valence-electron chi connectivity index (χ2n) is 12.8. The van der Waals surface area contributed by atoms with Gasteiger partial charge in [-0.15, -0.1) is 0 Å². The number of carbonyl (C=O) groups excluding carboxylic acids is 3. The van der Waals surface area contributed by atoms with Crippen LogP contribution in [0.4, 0.5) is 13.2 Å². The lowest BCUT2D eigenvalue weighted by atomic mass is 9.45. The van der Waals surface area contributed by atoms with Crippen LogP contribution in [0.2, 0.25) is 0 Å². The van der Waals surface area contributed by atoms with Crippen molar-refractivity contribution in [3.05, 3.63) is 23.6 Å². The van der Waals surface area contributed by atoms with Crippen LogP contribution in [-0.4, -0.2) is 52.0 Å². The maximum Gasteiger partial charge on any atom is 0.314 e. The number of rotatable bonds is 3. The van der Waals surface area contributed by atoms with E-state index in [1.54, 1.807) is 41.5 Å². The van der Waals surface area contributed by atoms with E-state index in [1.807, 2.05) is 0 Å². The number of alkyl halides is 2. The normalized spacial score (nSPS) is 45.2. The summed E-state index contributed by atoms with van der Waals surface area (Å²) < 4.78 is 59.5. The number of halogens is 3. The number of ether oxygens (including phenoxy) is 2. The van der Waals surface area contributed by atoms with E-state index < -0.39 is 93.3 Å². The van der Waals surface area contributed by atoms with Crippen LogP contribution in [0.3, 0.4) is 0 Å². The van der Waals surface area contributed by atoms with Crippen molar-refractivity contribution < 1.29 is 42.1 Å². The summed E-state index contributed by atoms with van der Waals surface area (Å²) in [4.78, 5) is 38.1. The SMILES string of the molecule is CCC(=O)O[C@@]1(C)C[C@H]2[C@@H]3C[C@H](F)C4=C(F)C(=O)C=C[C@]4(C)[C@@]3(F)[C@@H](O)C[C@]2(C)[C@H]1C(=O)OC(C)(C)C. The standard InChI is InChI=1S/C28H37F3O6/c1-8-19(34)36-27(7)12-15-14-11-16(29)20-21(30)17(32)9-10-26(20,6)28(14,31)18(33)13-25(15,5)22(27)23(35)37-24(2,3)4/h9-10,14-16,18,22,33H,8,11-13H2,1-7H3/t14-,15-,16-,18-,22+,25-,26-,27-,28-/m0/s1. The Bertz CT molecular complexity index is 1090. The maximum absolute atomic E-state index is 17.4. The van der Waals surface area contributed by atoms with Crippen LogP contribution in [0.1, 0.15) is 74.1 Å². The molecule has 37 heavy (non-hydrogen) atoms. The highest BCUT2D eigenvalue weighted by Crippen LogP contribution is 2.71. The van der Waals surface area contributed by atoms with Gasteiger partial charge in [0.2, 0.25) is 5.78 Å². The first kappa shape index (κ1) is 27.9. The second-order valence-corrected chi connectivity index (χ2v) is 12.8. The van der Waals surface area contributed by atoms with Crippen LogP contribution >= 0.6 is 0 Å². The Morgan fingerprint density at radius 3 is 2.35 bits per heavy atom. The molecule has 0 aromatic carbocycles. The van der Waals surface area contributed by atoms with Crippen LogP contribution in [0, 0.1) is 28.6 Å². The van der Waals surface area contributed by atoms with Gasteiger partial charge in [-0.05, 0) is 71.3 Å². The van der Waals surface area contributed by atoms with Gasteiger partial charge in [0, 0.05) is 23.3 Å². The highest BCUT2D eigenvalue weighted by Gasteiger charge is 2.76. The van der Waals surface area contributed by atoms with E-state index in [4.69, 9.17) is 9.47 Å². The van der Waals surface area contributed by atoms with Crippen LogP contribution in [0.25, 0.3) is 0 Å². The first-order valence-electron chi connectivity index (χ1n) is 12.9. The largest absolute Gasteiger partial charge is 0.460 e. The minimum Gasteiger partial charge on any atom is -0.460 e. The zero-order valence-corrected chi connectivity index (χ0v) is 22.5. The van der Waals surface area contributed by atoms with E-state index in [2.05, 4.69) is 0 Å². The number of allylic oxidation sites excluding steroid dienone is 4. The summed E-state index contributed by atoms with van der Waals surface area (Å²) in [6.45, 7) is 11.4. The average molecular weight is 527 g/mol. The number of fused-ring (bicyclic) bond motifs is 5. The van der Waals surface area contributed by atoms with Crippen molar-refractivity contribution in [3.8, 4) is 0 Å². The highest BCUT2D eigenvalue weighted by molar-refractivity contribution is 6.04. The molecule has 0 amide bonds. The Labute approximate surface area is 215 Å². The van der Waals surface area contributed by atoms with Crippen molar-refractivity contribution >= 4 is 17.7 Å². The van der Waals surface area contributed by atoms with Gasteiger partial charge < -0.3 is 14.6 Å². The summed E-state index contributed by atoms with van der Waals surface area (Å²) in [6, 6.07) is 0. The van der Waals surface area contributed by atoms with E-state index >= 15 is 8.78 Å². The number of aliphatic hydroxyl groups excluding tert-OH is 1. The van der Waals surface area contributed by atoms with E-state index in [9.17, 15) is 23.9 Å². The number of hydrogen-bond donors (Lipinski definition) is 1. The third-order valence-electron chi connectivity index (χ3n) is 9.31. The molecule has 1 N–H and O–H groups in total. The van der Waals surface area contributed by atoms with Crippen molar-refractivity contribution in [3.63, 3.8) is 0 Å². The van der Waals surface area contributed by atoms with Gasteiger partial charge >= 0.3 is 11.9 Å². The number of aliphatic hydroxyl groups is 1. The topological polar surface area (TPSA) is 89.9 Å². The van der Waals surface area contributed by atoms with Gasteiger partial charge in [-0.3, -0.25) is 14.4 Å². The zero-order valence-electron chi connectivity index (χ0n) is 22.5. The monoisotopic (exact) mass is 526 g/mol. The smallest absolute Gasteiger partial charge is 0.314 e. The van der Waals surface area contributed by atoms with E-state index in [-0.39, 0.29) is 19.3 Å². The van der Waals surface area contributed by atoms with Crippen LogP contribution in [-0.2, 0) is 23.9 Å². The van der Waals surface area contributed by atoms with Crippen LogP contribution < -0.4 is 0 Å². The number of hydrogen-bond acceptors (Lipinski definition) is 6. The lowest BCUT2D eigenvalue weighted by Gasteiger charge is -2.62. The van der Waals surface area contributed by atoms with Gasteiger partial charge in [0.05, 0.1) is 6.10 Å². The summed E-state index contributed by atoms with van der Waals surface area (Å²) in [7, 11) is 0. The molecule has 0 aromatic rings. The first-order chi connectivity index (χ1) is 16.9. The van der Waals surface area contributed by atoms with Crippen LogP contribution in [0.5, 0.6) is 0 Å². The minimum atomic E-state index is -2.53. The van der Waals surface area contributed by atoms with Crippen LogP contribution in [0.15, 0.2) is 23.6 Å². The lowest BCUT2D eigenvalue weighted by molar-refractivity contribution is -0.210. The van der Waals surface area contributed by atoms with Crippen molar-refractivity contribution in [2.75, 3.05) is 0 Å². The molecule has 9 atom stereocenters. The van der Waals surface area contributed by atoms with Crippen molar-refractivity contribution in [1.29, 1.82) is 0 Å². The number of esters is 2. The Balaban J connectivity index is 1.87. The zero-order chi connectivity index (χ0) is 27.9. The molecule has 0 aromatic heterocycles. The van der Waals surface area contributed by atoms with E-state index in [0.29, 0.717) is 0 Å². The van der Waals surface area contributed by atoms with Gasteiger partial charge in [0.25, 0.3) is 0 Å². The van der Waals surface area contributed by atoms with Gasteiger partial charge in [-0.1, -0.05) is 19.9 Å². The van der Waals surface area contributed by atoms with Gasteiger partial charge in [0.1, 0.15) is 23.3 Å². The van der Waals surface area contributed by atoms with Crippen molar-refractivity contribution in [2.45, 2.75) is 103 Å². The molecule has 4 aliphatic carbocycles. The lowest BCUT2D eigenvalue weighted by Crippen LogP contribution is -2.68. The molecular weight excluding hydrogens is 489 g/mol. The van der Waals surface area contributed by atoms with Crippen molar-refractivity contribution in [1.82, 2.24) is 0 Å². The quantitative estimate of drug-likeness (QED) is 0.527. The molecule has 0 heterocycles. The molecule has 4 rings (SSSR count). The predicted octanol–water partition coefficient (Wildman–Crippen LogP) is 4.88. The fourth-order valence-electron chi connectivity index (χ4n) is 7.96. The summed E-state index contributed by atoms with van der Waals surface area (Å²) in [5, 5.41) is 11.4. The molecule has 4 aliphatic rings. The number of carbonyl (C=O) groups is 3. The van der Waals surface area contributed by atoms with Gasteiger partial charge in [-0.2, -0.15) is 0 Å². The molecule has 6 nitrogen and oxygen atoms in total. The third-order valence-corrected chi connectivity index (χ3v) is 9.31. The molecular formula is C28H37F3O6. The summed E-state index contributed by atoms with van der Waals surface area (Å²) in [5.41, 5.74) is -8.39. The predicted molar refractivity (Wildman–Crippen MR) is 128 cm³/mol. The summed E-state index contributed by atoms with van der Waals surface area (Å²) in [6.07, 6.45) is -2.25. The average Bonchev–Trinajstić information content (AvgIpc) is 2.98. The molecule has 206 valence electrons. The molecule has 0 unspecified atom stereocenters. The minimum absolute atomic E-state index is 0.0369. The molecule has 3 saturated carbocycles.